The van der Waals surface area contributed by atoms with Gasteiger partial charge in [-0.1, -0.05) is 18.2 Å². The molecule has 0 bridgehead atoms. The number of aromatic nitrogens is 3. The summed E-state index contributed by atoms with van der Waals surface area (Å²) in [4.78, 5) is 15.4. The van der Waals surface area contributed by atoms with E-state index in [9.17, 15) is 18.0 Å². The number of H-pyrrole nitrogens is 1. The molecule has 2 rings (SSSR count). The van der Waals surface area contributed by atoms with Crippen LogP contribution in [0.15, 0.2) is 30.6 Å². The van der Waals surface area contributed by atoms with Crippen LogP contribution in [-0.4, -0.2) is 40.5 Å². The Morgan fingerprint density at radius 3 is 2.86 bits per heavy atom. The van der Waals surface area contributed by atoms with Gasteiger partial charge in [0.05, 0.1) is 0 Å². The van der Waals surface area contributed by atoms with Gasteiger partial charge in [0.2, 0.25) is 5.91 Å². The number of hydrogen-bond donors (Lipinski definition) is 2. The number of rotatable bonds is 6. The molecule has 1 heterocycles. The van der Waals surface area contributed by atoms with E-state index in [0.29, 0.717) is 5.82 Å². The summed E-state index contributed by atoms with van der Waals surface area (Å²) in [6, 6.07) is 7.16. The fourth-order valence-electron chi connectivity index (χ4n) is 1.68. The first kappa shape index (κ1) is 16.0. The maximum absolute atomic E-state index is 11.9. The molecule has 0 radical (unpaired) electrons. The number of alkyl halides is 3. The molecule has 1 aromatic heterocycles. The third-order valence-corrected chi connectivity index (χ3v) is 2.60. The average molecular weight is 314 g/mol. The Kier molecular flexibility index (Phi) is 5.10. The van der Waals surface area contributed by atoms with E-state index in [-0.39, 0.29) is 6.54 Å². The first-order valence-electron chi connectivity index (χ1n) is 6.30. The summed E-state index contributed by atoms with van der Waals surface area (Å²) in [6.07, 6.45) is -3.06. The van der Waals surface area contributed by atoms with E-state index in [1.165, 1.54) is 6.33 Å². The van der Waals surface area contributed by atoms with Crippen LogP contribution in [0, 0.1) is 0 Å². The van der Waals surface area contributed by atoms with E-state index < -0.39 is 25.3 Å². The van der Waals surface area contributed by atoms with Crippen molar-refractivity contribution in [2.24, 2.45) is 0 Å². The molecule has 1 aromatic carbocycles. The lowest BCUT2D eigenvalue weighted by molar-refractivity contribution is -0.175. The minimum atomic E-state index is -4.44. The SMILES string of the molecule is O=C(COCC(F)(F)F)NCc1cccc(-c2ncn[nH]2)c1. The molecule has 22 heavy (non-hydrogen) atoms. The summed E-state index contributed by atoms with van der Waals surface area (Å²) >= 11 is 0. The van der Waals surface area contributed by atoms with Gasteiger partial charge in [-0.25, -0.2) is 4.98 Å². The zero-order chi connectivity index (χ0) is 16.0. The minimum Gasteiger partial charge on any atom is -0.362 e. The van der Waals surface area contributed by atoms with Gasteiger partial charge < -0.3 is 10.1 Å². The summed E-state index contributed by atoms with van der Waals surface area (Å²) in [5.41, 5.74) is 1.57. The van der Waals surface area contributed by atoms with Crippen LogP contribution < -0.4 is 5.32 Å². The van der Waals surface area contributed by atoms with E-state index in [1.54, 1.807) is 18.2 Å². The second kappa shape index (κ2) is 7.03. The van der Waals surface area contributed by atoms with Gasteiger partial charge in [0.15, 0.2) is 5.82 Å². The molecule has 0 unspecified atom stereocenters. The molecule has 118 valence electrons. The highest BCUT2D eigenvalue weighted by molar-refractivity contribution is 5.77. The second-order valence-electron chi connectivity index (χ2n) is 4.42. The lowest BCUT2D eigenvalue weighted by atomic mass is 10.1. The Labute approximate surface area is 123 Å². The van der Waals surface area contributed by atoms with Gasteiger partial charge in [0.1, 0.15) is 19.5 Å². The van der Waals surface area contributed by atoms with Crippen molar-refractivity contribution in [3.8, 4) is 11.4 Å². The van der Waals surface area contributed by atoms with Crippen molar-refractivity contribution in [2.75, 3.05) is 13.2 Å². The Hall–Kier alpha value is -2.42. The number of aromatic amines is 1. The summed E-state index contributed by atoms with van der Waals surface area (Å²) < 4.78 is 39.9. The van der Waals surface area contributed by atoms with Crippen molar-refractivity contribution in [3.05, 3.63) is 36.2 Å². The number of carbonyl (C=O) groups is 1. The van der Waals surface area contributed by atoms with Crippen LogP contribution in [0.25, 0.3) is 11.4 Å². The van der Waals surface area contributed by atoms with Gasteiger partial charge in [-0.2, -0.15) is 18.3 Å². The zero-order valence-electron chi connectivity index (χ0n) is 11.4. The molecule has 0 atom stereocenters. The predicted molar refractivity (Wildman–Crippen MR) is 70.5 cm³/mol. The molecule has 0 aliphatic carbocycles. The number of nitrogens with one attached hydrogen (secondary N) is 2. The van der Waals surface area contributed by atoms with Gasteiger partial charge in [0, 0.05) is 12.1 Å². The molecule has 0 saturated carbocycles. The Morgan fingerprint density at radius 1 is 1.36 bits per heavy atom. The molecular weight excluding hydrogens is 301 g/mol. The molecule has 6 nitrogen and oxygen atoms in total. The number of nitrogens with zero attached hydrogens (tertiary/aromatic N) is 2. The highest BCUT2D eigenvalue weighted by atomic mass is 19.4. The van der Waals surface area contributed by atoms with Crippen molar-refractivity contribution in [3.63, 3.8) is 0 Å². The minimum absolute atomic E-state index is 0.177. The van der Waals surface area contributed by atoms with Crippen LogP contribution >= 0.6 is 0 Å². The van der Waals surface area contributed by atoms with Crippen molar-refractivity contribution < 1.29 is 22.7 Å². The fourth-order valence-corrected chi connectivity index (χ4v) is 1.68. The maximum atomic E-state index is 11.9. The molecule has 0 spiro atoms. The van der Waals surface area contributed by atoms with Crippen LogP contribution in [0.5, 0.6) is 0 Å². The van der Waals surface area contributed by atoms with E-state index in [2.05, 4.69) is 25.2 Å². The zero-order valence-corrected chi connectivity index (χ0v) is 11.4. The average Bonchev–Trinajstić information content (AvgIpc) is 2.98. The Balaban J connectivity index is 1.82. The third kappa shape index (κ3) is 5.17. The van der Waals surface area contributed by atoms with Crippen molar-refractivity contribution in [2.45, 2.75) is 12.7 Å². The maximum Gasteiger partial charge on any atom is 0.411 e. The number of ether oxygens (including phenoxy) is 1. The highest BCUT2D eigenvalue weighted by Gasteiger charge is 2.27. The van der Waals surface area contributed by atoms with E-state index in [0.717, 1.165) is 11.1 Å². The molecule has 2 aromatic rings. The molecule has 0 saturated heterocycles. The lowest BCUT2D eigenvalue weighted by Crippen LogP contribution is -2.29. The fraction of sp³-hybridized carbons (Fsp3) is 0.308. The van der Waals surface area contributed by atoms with Gasteiger partial charge >= 0.3 is 6.18 Å². The van der Waals surface area contributed by atoms with Crippen LogP contribution in [0.4, 0.5) is 13.2 Å². The molecule has 0 aliphatic rings. The molecule has 0 fully saturated rings. The van der Waals surface area contributed by atoms with Gasteiger partial charge in [-0.3, -0.25) is 9.89 Å². The third-order valence-electron chi connectivity index (χ3n) is 2.60. The van der Waals surface area contributed by atoms with Gasteiger partial charge in [-0.15, -0.1) is 0 Å². The highest BCUT2D eigenvalue weighted by Crippen LogP contribution is 2.15. The number of amides is 1. The number of benzene rings is 1. The summed E-state index contributed by atoms with van der Waals surface area (Å²) in [7, 11) is 0. The normalized spacial score (nSPS) is 11.4. The van der Waals surface area contributed by atoms with Crippen LogP contribution in [0.2, 0.25) is 0 Å². The largest absolute Gasteiger partial charge is 0.411 e. The first-order chi connectivity index (χ1) is 10.4. The lowest BCUT2D eigenvalue weighted by Gasteiger charge is -2.09. The quantitative estimate of drug-likeness (QED) is 0.850. The smallest absolute Gasteiger partial charge is 0.362 e. The topological polar surface area (TPSA) is 79.9 Å². The second-order valence-corrected chi connectivity index (χ2v) is 4.42. The van der Waals surface area contributed by atoms with Gasteiger partial charge in [-0.05, 0) is 11.6 Å². The number of halogens is 3. The van der Waals surface area contributed by atoms with Crippen LogP contribution in [0.3, 0.4) is 0 Å². The van der Waals surface area contributed by atoms with Crippen LogP contribution in [-0.2, 0) is 16.1 Å². The molecule has 2 N–H and O–H groups in total. The van der Waals surface area contributed by atoms with Gasteiger partial charge in [0.25, 0.3) is 0 Å². The number of carbonyl (C=O) groups excluding carboxylic acids is 1. The summed E-state index contributed by atoms with van der Waals surface area (Å²) in [5.74, 6) is -0.0315. The molecule has 1 amide bonds. The van der Waals surface area contributed by atoms with E-state index >= 15 is 0 Å². The van der Waals surface area contributed by atoms with E-state index in [1.807, 2.05) is 6.07 Å². The Bertz CT molecular complexity index is 614. The van der Waals surface area contributed by atoms with Crippen molar-refractivity contribution in [1.82, 2.24) is 20.5 Å². The van der Waals surface area contributed by atoms with Crippen molar-refractivity contribution >= 4 is 5.91 Å². The summed E-state index contributed by atoms with van der Waals surface area (Å²) in [6.45, 7) is -1.90. The molecular formula is C13H13F3N4O2. The first-order valence-corrected chi connectivity index (χ1v) is 6.30. The predicted octanol–water partition coefficient (Wildman–Crippen LogP) is 1.67. The van der Waals surface area contributed by atoms with Crippen LogP contribution in [0.1, 0.15) is 5.56 Å². The molecule has 9 heteroatoms. The Morgan fingerprint density at radius 2 is 2.18 bits per heavy atom. The monoisotopic (exact) mass is 314 g/mol. The summed E-state index contributed by atoms with van der Waals surface area (Å²) in [5, 5.41) is 8.93. The van der Waals surface area contributed by atoms with Crippen molar-refractivity contribution in [1.29, 1.82) is 0 Å². The standard InChI is InChI=1S/C13H13F3N4O2/c14-13(15,16)7-22-6-11(21)17-5-9-2-1-3-10(4-9)12-18-8-19-20-12/h1-4,8H,5-7H2,(H,17,21)(H,18,19,20). The van der Waals surface area contributed by atoms with E-state index in [4.69, 9.17) is 0 Å². The number of hydrogen-bond acceptors (Lipinski definition) is 4. The molecule has 0 aliphatic heterocycles.